The standard InChI is InChI=1S/C26H24O4/c1-17-4-6-19(7-5-17)24(20-8-10-21(28-3)11-9-20)16-29-22-12-13-23-18(2)14-26(27)30-25(23)15-22/h4-15,24H,16H2,1-3H3. The summed E-state index contributed by atoms with van der Waals surface area (Å²) in [4.78, 5) is 11.7. The molecule has 0 amide bonds. The summed E-state index contributed by atoms with van der Waals surface area (Å²) in [6.07, 6.45) is 0. The van der Waals surface area contributed by atoms with Crippen molar-refractivity contribution in [3.05, 3.63) is 105 Å². The molecular formula is C26H24O4. The minimum atomic E-state index is -0.354. The predicted molar refractivity (Wildman–Crippen MR) is 119 cm³/mol. The van der Waals surface area contributed by atoms with Gasteiger partial charge in [0.25, 0.3) is 0 Å². The Morgan fingerprint density at radius 1 is 0.833 bits per heavy atom. The molecule has 1 heterocycles. The molecule has 4 aromatic rings. The van der Waals surface area contributed by atoms with Gasteiger partial charge in [-0.15, -0.1) is 0 Å². The maximum Gasteiger partial charge on any atom is 0.336 e. The number of ether oxygens (including phenoxy) is 2. The van der Waals surface area contributed by atoms with Crippen LogP contribution in [0.4, 0.5) is 0 Å². The van der Waals surface area contributed by atoms with Crippen LogP contribution >= 0.6 is 0 Å². The Labute approximate surface area is 175 Å². The molecule has 4 rings (SSSR count). The Kier molecular flexibility index (Phi) is 5.57. The number of benzene rings is 3. The Bertz CT molecular complexity index is 1200. The lowest BCUT2D eigenvalue weighted by molar-refractivity contribution is 0.303. The van der Waals surface area contributed by atoms with Crippen LogP contribution in [0, 0.1) is 13.8 Å². The van der Waals surface area contributed by atoms with Gasteiger partial charge in [0.15, 0.2) is 0 Å². The topological polar surface area (TPSA) is 48.7 Å². The van der Waals surface area contributed by atoms with E-state index in [0.29, 0.717) is 17.9 Å². The van der Waals surface area contributed by atoms with Crippen LogP contribution in [0.1, 0.15) is 28.2 Å². The van der Waals surface area contributed by atoms with Gasteiger partial charge in [0.05, 0.1) is 13.7 Å². The molecule has 0 fully saturated rings. The van der Waals surface area contributed by atoms with Gasteiger partial charge in [-0.1, -0.05) is 42.0 Å². The third-order valence-corrected chi connectivity index (χ3v) is 5.34. The first-order chi connectivity index (χ1) is 14.5. The molecule has 0 saturated heterocycles. The lowest BCUT2D eigenvalue weighted by Crippen LogP contribution is -2.12. The van der Waals surface area contributed by atoms with Crippen LogP contribution in [-0.2, 0) is 0 Å². The second-order valence-corrected chi connectivity index (χ2v) is 7.45. The van der Waals surface area contributed by atoms with Gasteiger partial charge in [-0.3, -0.25) is 0 Å². The fourth-order valence-electron chi connectivity index (χ4n) is 3.59. The molecule has 0 N–H and O–H groups in total. The van der Waals surface area contributed by atoms with Crippen molar-refractivity contribution in [3.8, 4) is 11.5 Å². The molecule has 0 spiro atoms. The number of methoxy groups -OCH3 is 1. The zero-order valence-corrected chi connectivity index (χ0v) is 17.3. The Morgan fingerprint density at radius 3 is 2.13 bits per heavy atom. The number of aryl methyl sites for hydroxylation is 2. The smallest absolute Gasteiger partial charge is 0.336 e. The highest BCUT2D eigenvalue weighted by Gasteiger charge is 2.16. The maximum absolute atomic E-state index is 11.7. The van der Waals surface area contributed by atoms with E-state index in [1.165, 1.54) is 17.2 Å². The van der Waals surface area contributed by atoms with Crippen LogP contribution in [0.2, 0.25) is 0 Å². The van der Waals surface area contributed by atoms with Crippen LogP contribution in [0.25, 0.3) is 11.0 Å². The fourth-order valence-corrected chi connectivity index (χ4v) is 3.59. The van der Waals surface area contributed by atoms with E-state index in [1.54, 1.807) is 13.2 Å². The summed E-state index contributed by atoms with van der Waals surface area (Å²) in [6, 6.07) is 23.7. The monoisotopic (exact) mass is 400 g/mol. The number of hydrogen-bond acceptors (Lipinski definition) is 4. The van der Waals surface area contributed by atoms with Gasteiger partial charge in [-0.2, -0.15) is 0 Å². The maximum atomic E-state index is 11.7. The third kappa shape index (κ3) is 4.23. The molecule has 152 valence electrons. The first-order valence-corrected chi connectivity index (χ1v) is 9.91. The van der Waals surface area contributed by atoms with E-state index in [-0.39, 0.29) is 11.5 Å². The van der Waals surface area contributed by atoms with Gasteiger partial charge in [0.2, 0.25) is 0 Å². The van der Waals surface area contributed by atoms with E-state index in [0.717, 1.165) is 22.3 Å². The molecule has 1 unspecified atom stereocenters. The normalized spacial score (nSPS) is 12.0. The van der Waals surface area contributed by atoms with Gasteiger partial charge in [0.1, 0.15) is 17.1 Å². The van der Waals surface area contributed by atoms with Crippen molar-refractivity contribution in [1.29, 1.82) is 0 Å². The van der Waals surface area contributed by atoms with Crippen molar-refractivity contribution < 1.29 is 13.9 Å². The average Bonchev–Trinajstić information content (AvgIpc) is 2.75. The van der Waals surface area contributed by atoms with Gasteiger partial charge in [0, 0.05) is 23.4 Å². The largest absolute Gasteiger partial charge is 0.497 e. The van der Waals surface area contributed by atoms with Gasteiger partial charge in [-0.25, -0.2) is 4.79 Å². The van der Waals surface area contributed by atoms with Crippen molar-refractivity contribution in [1.82, 2.24) is 0 Å². The highest BCUT2D eigenvalue weighted by molar-refractivity contribution is 5.81. The predicted octanol–water partition coefficient (Wildman–Crippen LogP) is 5.63. The molecule has 4 heteroatoms. The SMILES string of the molecule is COc1ccc(C(COc2ccc3c(C)cc(=O)oc3c2)c2ccc(C)cc2)cc1. The first kappa shape index (κ1) is 19.8. The van der Waals surface area contributed by atoms with Crippen LogP contribution < -0.4 is 15.1 Å². The first-order valence-electron chi connectivity index (χ1n) is 9.91. The van der Waals surface area contributed by atoms with Gasteiger partial charge < -0.3 is 13.9 Å². The van der Waals surface area contributed by atoms with E-state index in [2.05, 4.69) is 43.3 Å². The molecule has 0 aliphatic rings. The molecule has 0 bridgehead atoms. The average molecular weight is 400 g/mol. The Morgan fingerprint density at radius 2 is 1.47 bits per heavy atom. The van der Waals surface area contributed by atoms with Gasteiger partial charge in [-0.05, 0) is 54.8 Å². The summed E-state index contributed by atoms with van der Waals surface area (Å²) in [5.74, 6) is 1.54. The van der Waals surface area contributed by atoms with Crippen molar-refractivity contribution >= 4 is 11.0 Å². The van der Waals surface area contributed by atoms with E-state index in [1.807, 2.05) is 31.2 Å². The highest BCUT2D eigenvalue weighted by atomic mass is 16.5. The van der Waals surface area contributed by atoms with Gasteiger partial charge >= 0.3 is 5.63 Å². The molecule has 30 heavy (non-hydrogen) atoms. The quantitative estimate of drug-likeness (QED) is 0.394. The number of rotatable bonds is 6. The molecule has 0 radical (unpaired) electrons. The second-order valence-electron chi connectivity index (χ2n) is 7.45. The van der Waals surface area contributed by atoms with Crippen molar-refractivity contribution in [2.45, 2.75) is 19.8 Å². The fraction of sp³-hybridized carbons (Fsp3) is 0.192. The van der Waals surface area contributed by atoms with Crippen LogP contribution in [-0.4, -0.2) is 13.7 Å². The highest BCUT2D eigenvalue weighted by Crippen LogP contribution is 2.29. The molecular weight excluding hydrogens is 376 g/mol. The van der Waals surface area contributed by atoms with Crippen LogP contribution in [0.5, 0.6) is 11.5 Å². The van der Waals surface area contributed by atoms with Crippen molar-refractivity contribution in [3.63, 3.8) is 0 Å². The van der Waals surface area contributed by atoms with E-state index in [9.17, 15) is 4.79 Å². The molecule has 0 aliphatic heterocycles. The molecule has 0 aliphatic carbocycles. The summed E-state index contributed by atoms with van der Waals surface area (Å²) in [5.41, 5.74) is 4.61. The Balaban J connectivity index is 1.63. The summed E-state index contributed by atoms with van der Waals surface area (Å²) in [6.45, 7) is 4.43. The molecule has 0 saturated carbocycles. The van der Waals surface area contributed by atoms with E-state index < -0.39 is 0 Å². The zero-order chi connectivity index (χ0) is 21.1. The lowest BCUT2D eigenvalue weighted by atomic mass is 9.91. The van der Waals surface area contributed by atoms with Crippen molar-refractivity contribution in [2.75, 3.05) is 13.7 Å². The Hall–Kier alpha value is -3.53. The number of fused-ring (bicyclic) bond motifs is 1. The van der Waals surface area contributed by atoms with E-state index >= 15 is 0 Å². The molecule has 1 atom stereocenters. The third-order valence-electron chi connectivity index (χ3n) is 5.34. The molecule has 3 aromatic carbocycles. The summed E-state index contributed by atoms with van der Waals surface area (Å²) in [7, 11) is 1.66. The zero-order valence-electron chi connectivity index (χ0n) is 17.3. The summed E-state index contributed by atoms with van der Waals surface area (Å²) >= 11 is 0. The lowest BCUT2D eigenvalue weighted by Gasteiger charge is -2.19. The number of hydrogen-bond donors (Lipinski definition) is 0. The van der Waals surface area contributed by atoms with Crippen LogP contribution in [0.3, 0.4) is 0 Å². The van der Waals surface area contributed by atoms with Crippen LogP contribution in [0.15, 0.2) is 82.0 Å². The van der Waals surface area contributed by atoms with E-state index in [4.69, 9.17) is 13.9 Å². The molecule has 1 aromatic heterocycles. The second kappa shape index (κ2) is 8.46. The summed E-state index contributed by atoms with van der Waals surface area (Å²) in [5, 5.41) is 0.909. The summed E-state index contributed by atoms with van der Waals surface area (Å²) < 4.78 is 16.8. The van der Waals surface area contributed by atoms with Crippen molar-refractivity contribution in [2.24, 2.45) is 0 Å². The molecule has 4 nitrogen and oxygen atoms in total. The minimum absolute atomic E-state index is 0.0525. The minimum Gasteiger partial charge on any atom is -0.497 e.